The van der Waals surface area contributed by atoms with E-state index in [2.05, 4.69) is 12.0 Å². The average Bonchev–Trinajstić information content (AvgIpc) is 2.60. The van der Waals surface area contributed by atoms with Crippen molar-refractivity contribution < 1.29 is 0 Å². The number of hydrogen-bond acceptors (Lipinski definition) is 2. The van der Waals surface area contributed by atoms with Crippen LogP contribution in [-0.4, -0.2) is 15.8 Å². The molecular formula is C15H19Cl2N3. The Morgan fingerprint density at radius 1 is 1.30 bits per heavy atom. The quantitative estimate of drug-likeness (QED) is 0.934. The first kappa shape index (κ1) is 15.4. The lowest BCUT2D eigenvalue weighted by molar-refractivity contribution is 0.656. The van der Waals surface area contributed by atoms with Gasteiger partial charge in [-0.25, -0.2) is 0 Å². The molecule has 0 amide bonds. The molecule has 20 heavy (non-hydrogen) atoms. The lowest BCUT2D eigenvalue weighted by Gasteiger charge is -2.09. The maximum absolute atomic E-state index is 6.22. The Kier molecular flexibility index (Phi) is 4.74. The largest absolute Gasteiger partial charge is 0.328 e. The summed E-state index contributed by atoms with van der Waals surface area (Å²) in [7, 11) is 0. The van der Waals surface area contributed by atoms with Gasteiger partial charge in [-0.2, -0.15) is 5.10 Å². The fourth-order valence-corrected chi connectivity index (χ4v) is 2.78. The molecule has 108 valence electrons. The fourth-order valence-electron chi connectivity index (χ4n) is 2.32. The number of hydrogen-bond donors (Lipinski definition) is 1. The first-order valence-electron chi connectivity index (χ1n) is 6.61. The molecule has 0 aliphatic rings. The third-order valence-corrected chi connectivity index (χ3v) is 3.98. The molecule has 1 unspecified atom stereocenters. The van der Waals surface area contributed by atoms with Crippen molar-refractivity contribution in [2.45, 2.75) is 39.8 Å². The Morgan fingerprint density at radius 3 is 2.60 bits per heavy atom. The minimum atomic E-state index is 0.129. The summed E-state index contributed by atoms with van der Waals surface area (Å²) in [5, 5.41) is 5.90. The van der Waals surface area contributed by atoms with Crippen molar-refractivity contribution in [3.63, 3.8) is 0 Å². The second-order valence-corrected chi connectivity index (χ2v) is 6.07. The van der Waals surface area contributed by atoms with Gasteiger partial charge in [0.2, 0.25) is 0 Å². The third kappa shape index (κ3) is 3.35. The number of nitrogens with two attached hydrogens (primary N) is 1. The highest BCUT2D eigenvalue weighted by molar-refractivity contribution is 6.35. The van der Waals surface area contributed by atoms with Gasteiger partial charge < -0.3 is 5.73 Å². The number of aryl methyl sites for hydroxylation is 1. The second kappa shape index (κ2) is 6.17. The van der Waals surface area contributed by atoms with Gasteiger partial charge in [0.25, 0.3) is 0 Å². The number of aromatic nitrogens is 2. The van der Waals surface area contributed by atoms with E-state index in [0.29, 0.717) is 16.6 Å². The summed E-state index contributed by atoms with van der Waals surface area (Å²) in [6.45, 7) is 6.74. The molecule has 1 heterocycles. The first-order chi connectivity index (χ1) is 9.38. The van der Waals surface area contributed by atoms with E-state index in [9.17, 15) is 0 Å². The summed E-state index contributed by atoms with van der Waals surface area (Å²) in [5.74, 6) is 0. The van der Waals surface area contributed by atoms with Crippen LogP contribution in [0.3, 0.4) is 0 Å². The Labute approximate surface area is 129 Å². The van der Waals surface area contributed by atoms with Crippen LogP contribution in [0.4, 0.5) is 0 Å². The summed E-state index contributed by atoms with van der Waals surface area (Å²) in [4.78, 5) is 0. The maximum atomic E-state index is 6.22. The lowest BCUT2D eigenvalue weighted by atomic mass is 10.1. The van der Waals surface area contributed by atoms with E-state index in [4.69, 9.17) is 28.9 Å². The van der Waals surface area contributed by atoms with Crippen molar-refractivity contribution in [2.75, 3.05) is 0 Å². The van der Waals surface area contributed by atoms with Gasteiger partial charge in [0.1, 0.15) is 0 Å². The Balaban J connectivity index is 2.30. The molecule has 1 aromatic heterocycles. The summed E-state index contributed by atoms with van der Waals surface area (Å²) in [5.41, 5.74) is 10.3. The van der Waals surface area contributed by atoms with Gasteiger partial charge in [-0.15, -0.1) is 0 Å². The Bertz CT molecular complexity index is 618. The van der Waals surface area contributed by atoms with E-state index < -0.39 is 0 Å². The molecule has 5 heteroatoms. The molecule has 0 bridgehead atoms. The van der Waals surface area contributed by atoms with Crippen molar-refractivity contribution >= 4 is 23.2 Å². The molecule has 0 aliphatic carbocycles. The highest BCUT2D eigenvalue weighted by Crippen LogP contribution is 2.23. The molecule has 2 rings (SSSR count). The molecule has 3 nitrogen and oxygen atoms in total. The van der Waals surface area contributed by atoms with Crippen molar-refractivity contribution in [2.24, 2.45) is 5.73 Å². The number of benzene rings is 1. The summed E-state index contributed by atoms with van der Waals surface area (Å²) < 4.78 is 1.97. The van der Waals surface area contributed by atoms with Crippen LogP contribution in [0.25, 0.3) is 0 Å². The smallest absolute Gasteiger partial charge is 0.0677 e. The maximum Gasteiger partial charge on any atom is 0.0677 e. The molecule has 0 saturated heterocycles. The molecule has 1 aromatic carbocycles. The topological polar surface area (TPSA) is 43.8 Å². The van der Waals surface area contributed by atoms with Gasteiger partial charge in [-0.05, 0) is 50.5 Å². The molecule has 0 saturated carbocycles. The predicted octanol–water partition coefficient (Wildman–Crippen LogP) is 3.74. The van der Waals surface area contributed by atoms with Crippen LogP contribution >= 0.6 is 23.2 Å². The summed E-state index contributed by atoms with van der Waals surface area (Å²) >= 11 is 12.1. The monoisotopic (exact) mass is 311 g/mol. The number of nitrogens with zero attached hydrogens (tertiary/aromatic N) is 2. The van der Waals surface area contributed by atoms with Gasteiger partial charge in [0.05, 0.1) is 12.2 Å². The van der Waals surface area contributed by atoms with Crippen LogP contribution in [-0.2, 0) is 13.0 Å². The summed E-state index contributed by atoms with van der Waals surface area (Å²) in [6.07, 6.45) is 0.839. The minimum absolute atomic E-state index is 0.129. The van der Waals surface area contributed by atoms with Crippen LogP contribution in [0, 0.1) is 13.8 Å². The second-order valence-electron chi connectivity index (χ2n) is 5.22. The van der Waals surface area contributed by atoms with E-state index in [1.54, 1.807) is 6.07 Å². The third-order valence-electron chi connectivity index (χ3n) is 3.39. The average molecular weight is 312 g/mol. The van der Waals surface area contributed by atoms with Gasteiger partial charge in [0.15, 0.2) is 0 Å². The van der Waals surface area contributed by atoms with Gasteiger partial charge in [-0.1, -0.05) is 29.3 Å². The van der Waals surface area contributed by atoms with Crippen LogP contribution in [0.5, 0.6) is 0 Å². The zero-order valence-electron chi connectivity index (χ0n) is 12.0. The number of halogens is 2. The lowest BCUT2D eigenvalue weighted by Crippen LogP contribution is -2.18. The number of rotatable bonds is 4. The Morgan fingerprint density at radius 2 is 2.00 bits per heavy atom. The predicted molar refractivity (Wildman–Crippen MR) is 84.6 cm³/mol. The molecule has 0 radical (unpaired) electrons. The fraction of sp³-hybridized carbons (Fsp3) is 0.400. The molecule has 2 N–H and O–H groups in total. The molecule has 1 atom stereocenters. The van der Waals surface area contributed by atoms with E-state index in [-0.39, 0.29) is 6.04 Å². The highest BCUT2D eigenvalue weighted by Gasteiger charge is 2.14. The molecule has 0 spiro atoms. The van der Waals surface area contributed by atoms with E-state index in [1.165, 1.54) is 5.56 Å². The van der Waals surface area contributed by atoms with Crippen molar-refractivity contribution in [1.29, 1.82) is 0 Å². The van der Waals surface area contributed by atoms with Crippen LogP contribution < -0.4 is 5.73 Å². The van der Waals surface area contributed by atoms with Crippen molar-refractivity contribution in [3.8, 4) is 0 Å². The van der Waals surface area contributed by atoms with Crippen LogP contribution in [0.15, 0.2) is 18.2 Å². The summed E-state index contributed by atoms with van der Waals surface area (Å²) in [6, 6.07) is 5.67. The Hall–Kier alpha value is -1.03. The van der Waals surface area contributed by atoms with E-state index in [1.807, 2.05) is 30.7 Å². The normalized spacial score (nSPS) is 12.7. The van der Waals surface area contributed by atoms with Gasteiger partial charge >= 0.3 is 0 Å². The standard InChI is InChI=1S/C15H19Cl2N3/c1-9(18)6-14-10(2)19-20(11(14)3)8-12-4-5-13(16)7-15(12)17/h4-5,7,9H,6,8,18H2,1-3H3. The van der Waals surface area contributed by atoms with Crippen LogP contribution in [0.1, 0.15) is 29.4 Å². The minimum Gasteiger partial charge on any atom is -0.328 e. The molecule has 0 aliphatic heterocycles. The highest BCUT2D eigenvalue weighted by atomic mass is 35.5. The van der Waals surface area contributed by atoms with Crippen molar-refractivity contribution in [3.05, 3.63) is 50.8 Å². The van der Waals surface area contributed by atoms with Crippen molar-refractivity contribution in [1.82, 2.24) is 9.78 Å². The first-order valence-corrected chi connectivity index (χ1v) is 7.36. The molecular weight excluding hydrogens is 293 g/mol. The molecule has 0 fully saturated rings. The van der Waals surface area contributed by atoms with Gasteiger partial charge in [-0.3, -0.25) is 4.68 Å². The van der Waals surface area contributed by atoms with E-state index in [0.717, 1.165) is 23.4 Å². The zero-order valence-corrected chi connectivity index (χ0v) is 13.5. The molecule has 2 aromatic rings. The zero-order chi connectivity index (χ0) is 14.9. The van der Waals surface area contributed by atoms with E-state index >= 15 is 0 Å². The van der Waals surface area contributed by atoms with Crippen LogP contribution in [0.2, 0.25) is 10.0 Å². The SMILES string of the molecule is Cc1nn(Cc2ccc(Cl)cc2Cl)c(C)c1CC(C)N. The van der Waals surface area contributed by atoms with Gasteiger partial charge in [0, 0.05) is 21.8 Å².